The van der Waals surface area contributed by atoms with Crippen LogP contribution in [0.25, 0.3) is 16.9 Å². The number of carboxylic acid groups (broad SMARTS) is 1. The Morgan fingerprint density at radius 2 is 1.60 bits per heavy atom. The van der Waals surface area contributed by atoms with E-state index in [2.05, 4.69) is 15.1 Å². The van der Waals surface area contributed by atoms with E-state index in [1.807, 2.05) is 0 Å². The van der Waals surface area contributed by atoms with Gasteiger partial charge in [0.2, 0.25) is 0 Å². The van der Waals surface area contributed by atoms with E-state index in [0.29, 0.717) is 11.3 Å². The van der Waals surface area contributed by atoms with Crippen LogP contribution in [0.15, 0.2) is 55.2 Å². The molecule has 3 aromatic heterocycles. The smallest absolute Gasteiger partial charge is 0.339 e. The van der Waals surface area contributed by atoms with E-state index >= 15 is 0 Å². The standard InChI is InChI=1S/C14H10N4O2/c19-14(20)12-9-18(11-3-7-16-8-4-11)17-13(12)10-1-5-15-6-2-10/h1-9H,(H,19,20). The zero-order chi connectivity index (χ0) is 13.9. The summed E-state index contributed by atoms with van der Waals surface area (Å²) in [4.78, 5) is 19.2. The van der Waals surface area contributed by atoms with Crippen molar-refractivity contribution < 1.29 is 9.90 Å². The molecule has 0 amide bonds. The molecule has 0 radical (unpaired) electrons. The molecule has 0 saturated heterocycles. The van der Waals surface area contributed by atoms with Gasteiger partial charge in [-0.3, -0.25) is 9.97 Å². The van der Waals surface area contributed by atoms with Crippen LogP contribution in [0.2, 0.25) is 0 Å². The second-order valence-corrected chi connectivity index (χ2v) is 4.08. The Morgan fingerprint density at radius 3 is 2.20 bits per heavy atom. The highest BCUT2D eigenvalue weighted by Crippen LogP contribution is 2.22. The summed E-state index contributed by atoms with van der Waals surface area (Å²) in [5, 5.41) is 13.7. The largest absolute Gasteiger partial charge is 0.478 e. The third-order valence-electron chi connectivity index (χ3n) is 2.83. The zero-order valence-corrected chi connectivity index (χ0v) is 10.3. The minimum absolute atomic E-state index is 0.146. The highest BCUT2D eigenvalue weighted by atomic mass is 16.4. The van der Waals surface area contributed by atoms with Gasteiger partial charge in [-0.15, -0.1) is 0 Å². The third-order valence-corrected chi connectivity index (χ3v) is 2.83. The molecule has 0 aliphatic carbocycles. The van der Waals surface area contributed by atoms with Gasteiger partial charge >= 0.3 is 5.97 Å². The van der Waals surface area contributed by atoms with E-state index in [1.54, 1.807) is 49.1 Å². The van der Waals surface area contributed by atoms with Crippen LogP contribution >= 0.6 is 0 Å². The van der Waals surface area contributed by atoms with Crippen LogP contribution in [-0.2, 0) is 0 Å². The van der Waals surface area contributed by atoms with Gasteiger partial charge < -0.3 is 5.11 Å². The lowest BCUT2D eigenvalue weighted by Gasteiger charge is -1.99. The number of aromatic carboxylic acids is 1. The molecular weight excluding hydrogens is 256 g/mol. The first-order valence-electron chi connectivity index (χ1n) is 5.89. The molecule has 0 bridgehead atoms. The summed E-state index contributed by atoms with van der Waals surface area (Å²) in [6.07, 6.45) is 7.96. The van der Waals surface area contributed by atoms with Crippen molar-refractivity contribution in [1.29, 1.82) is 0 Å². The van der Waals surface area contributed by atoms with E-state index in [9.17, 15) is 9.90 Å². The number of aromatic nitrogens is 4. The maximum absolute atomic E-state index is 11.4. The van der Waals surface area contributed by atoms with Gasteiger partial charge in [0.15, 0.2) is 0 Å². The number of rotatable bonds is 3. The minimum atomic E-state index is -1.02. The quantitative estimate of drug-likeness (QED) is 0.784. The average Bonchev–Trinajstić information content (AvgIpc) is 2.94. The normalized spacial score (nSPS) is 10.4. The van der Waals surface area contributed by atoms with E-state index in [-0.39, 0.29) is 5.56 Å². The average molecular weight is 266 g/mol. The minimum Gasteiger partial charge on any atom is -0.478 e. The predicted molar refractivity (Wildman–Crippen MR) is 71.5 cm³/mol. The van der Waals surface area contributed by atoms with E-state index in [0.717, 1.165) is 5.69 Å². The van der Waals surface area contributed by atoms with E-state index < -0.39 is 5.97 Å². The Bertz CT molecular complexity index is 738. The van der Waals surface area contributed by atoms with Crippen LogP contribution in [0, 0.1) is 0 Å². The topological polar surface area (TPSA) is 80.9 Å². The van der Waals surface area contributed by atoms with Crippen LogP contribution in [-0.4, -0.2) is 30.8 Å². The first-order chi connectivity index (χ1) is 9.75. The van der Waals surface area contributed by atoms with Crippen molar-refractivity contribution in [1.82, 2.24) is 19.7 Å². The van der Waals surface area contributed by atoms with E-state index in [1.165, 1.54) is 10.9 Å². The Kier molecular flexibility index (Phi) is 2.96. The molecule has 0 saturated carbocycles. The second kappa shape index (κ2) is 4.93. The van der Waals surface area contributed by atoms with Gasteiger partial charge in [-0.2, -0.15) is 5.10 Å². The summed E-state index contributed by atoms with van der Waals surface area (Å²) >= 11 is 0. The molecule has 3 rings (SSSR count). The summed E-state index contributed by atoms with van der Waals surface area (Å²) in [6, 6.07) is 6.97. The first kappa shape index (κ1) is 12.0. The first-order valence-corrected chi connectivity index (χ1v) is 5.89. The van der Waals surface area contributed by atoms with Crippen molar-refractivity contribution in [3.63, 3.8) is 0 Å². The summed E-state index contributed by atoms with van der Waals surface area (Å²) in [5.74, 6) is -1.02. The molecule has 0 unspecified atom stereocenters. The van der Waals surface area contributed by atoms with Crippen molar-refractivity contribution in [2.24, 2.45) is 0 Å². The SMILES string of the molecule is O=C(O)c1cn(-c2ccncc2)nc1-c1ccncc1. The van der Waals surface area contributed by atoms with Gasteiger partial charge in [-0.25, -0.2) is 9.48 Å². The molecule has 3 heterocycles. The Balaban J connectivity index is 2.15. The molecule has 1 N–H and O–H groups in total. The van der Waals surface area contributed by atoms with Gasteiger partial charge in [0.1, 0.15) is 11.3 Å². The lowest BCUT2D eigenvalue weighted by molar-refractivity contribution is 0.0697. The fraction of sp³-hybridized carbons (Fsp3) is 0. The number of pyridine rings is 2. The van der Waals surface area contributed by atoms with Crippen LogP contribution < -0.4 is 0 Å². The molecule has 0 spiro atoms. The Hall–Kier alpha value is -3.02. The van der Waals surface area contributed by atoms with Crippen molar-refractivity contribution >= 4 is 5.97 Å². The van der Waals surface area contributed by atoms with Gasteiger partial charge in [0.05, 0.1) is 5.69 Å². The maximum atomic E-state index is 11.4. The lowest BCUT2D eigenvalue weighted by atomic mass is 10.1. The fourth-order valence-corrected chi connectivity index (χ4v) is 1.88. The number of hydrogen-bond acceptors (Lipinski definition) is 4. The van der Waals surface area contributed by atoms with Gasteiger partial charge in [-0.05, 0) is 24.3 Å². The Labute approximate surface area is 114 Å². The van der Waals surface area contributed by atoms with Crippen molar-refractivity contribution in [3.8, 4) is 16.9 Å². The predicted octanol–water partition coefficient (Wildman–Crippen LogP) is 2.03. The number of nitrogens with zero attached hydrogens (tertiary/aromatic N) is 4. The van der Waals surface area contributed by atoms with Gasteiger partial charge in [0.25, 0.3) is 0 Å². The zero-order valence-electron chi connectivity index (χ0n) is 10.3. The van der Waals surface area contributed by atoms with E-state index in [4.69, 9.17) is 0 Å². The summed E-state index contributed by atoms with van der Waals surface area (Å²) < 4.78 is 1.53. The highest BCUT2D eigenvalue weighted by Gasteiger charge is 2.17. The molecule has 0 aliphatic rings. The highest BCUT2D eigenvalue weighted by molar-refractivity contribution is 5.94. The van der Waals surface area contributed by atoms with Crippen LogP contribution in [0.3, 0.4) is 0 Å². The summed E-state index contributed by atoms with van der Waals surface area (Å²) in [6.45, 7) is 0. The molecule has 98 valence electrons. The molecule has 0 aliphatic heterocycles. The summed E-state index contributed by atoms with van der Waals surface area (Å²) in [7, 11) is 0. The summed E-state index contributed by atoms with van der Waals surface area (Å²) in [5.41, 5.74) is 2.03. The molecule has 0 atom stereocenters. The van der Waals surface area contributed by atoms with Gasteiger partial charge in [-0.1, -0.05) is 0 Å². The molecule has 0 fully saturated rings. The van der Waals surface area contributed by atoms with Gasteiger partial charge in [0, 0.05) is 36.5 Å². The molecular formula is C14H10N4O2. The third kappa shape index (κ3) is 2.14. The van der Waals surface area contributed by atoms with Crippen molar-refractivity contribution in [2.75, 3.05) is 0 Å². The lowest BCUT2D eigenvalue weighted by Crippen LogP contribution is -1.96. The van der Waals surface area contributed by atoms with Crippen molar-refractivity contribution in [3.05, 3.63) is 60.8 Å². The molecule has 6 nitrogen and oxygen atoms in total. The second-order valence-electron chi connectivity index (χ2n) is 4.08. The van der Waals surface area contributed by atoms with Crippen LogP contribution in [0.1, 0.15) is 10.4 Å². The molecule has 3 aromatic rings. The monoisotopic (exact) mass is 266 g/mol. The fourth-order valence-electron chi connectivity index (χ4n) is 1.88. The van der Waals surface area contributed by atoms with Crippen LogP contribution in [0.4, 0.5) is 0 Å². The molecule has 6 heteroatoms. The molecule has 20 heavy (non-hydrogen) atoms. The van der Waals surface area contributed by atoms with Crippen LogP contribution in [0.5, 0.6) is 0 Å². The van der Waals surface area contributed by atoms with Crippen molar-refractivity contribution in [2.45, 2.75) is 0 Å². The number of carbonyl (C=O) groups is 1. The number of hydrogen-bond donors (Lipinski definition) is 1. The molecule has 0 aromatic carbocycles. The maximum Gasteiger partial charge on any atom is 0.339 e. The Morgan fingerprint density at radius 1 is 1.00 bits per heavy atom. The number of carboxylic acids is 1.